The third-order valence-electron chi connectivity index (χ3n) is 3.08. The van der Waals surface area contributed by atoms with E-state index in [-0.39, 0.29) is 4.90 Å². The van der Waals surface area contributed by atoms with Gasteiger partial charge in [-0.05, 0) is 36.8 Å². The number of nitrogen functional groups attached to an aromatic ring is 1. The summed E-state index contributed by atoms with van der Waals surface area (Å²) in [4.78, 5) is 7.06. The molecule has 0 atom stereocenters. The first-order valence-electron chi connectivity index (χ1n) is 6.27. The molecule has 0 aliphatic rings. The molecule has 2 aromatic heterocycles. The average molecular weight is 302 g/mol. The lowest BCUT2D eigenvalue weighted by Gasteiger charge is -2.07. The van der Waals surface area contributed by atoms with E-state index in [2.05, 4.69) is 14.7 Å². The average Bonchev–Trinajstić information content (AvgIpc) is 2.81. The number of aryl methyl sites for hydroxylation is 1. The number of H-pyrrole nitrogens is 1. The molecule has 21 heavy (non-hydrogen) atoms. The van der Waals surface area contributed by atoms with Crippen molar-refractivity contribution in [3.05, 3.63) is 48.4 Å². The first kappa shape index (κ1) is 13.4. The van der Waals surface area contributed by atoms with Crippen molar-refractivity contribution < 1.29 is 8.42 Å². The molecular formula is C14H14N4O2S. The minimum atomic E-state index is -3.71. The molecule has 0 fully saturated rings. The van der Waals surface area contributed by atoms with E-state index in [0.29, 0.717) is 22.3 Å². The molecule has 3 rings (SSSR count). The van der Waals surface area contributed by atoms with Crippen LogP contribution < -0.4 is 10.5 Å². The van der Waals surface area contributed by atoms with Crippen LogP contribution in [0.5, 0.6) is 0 Å². The van der Waals surface area contributed by atoms with Gasteiger partial charge in [-0.15, -0.1) is 0 Å². The van der Waals surface area contributed by atoms with Crippen LogP contribution in [0.3, 0.4) is 0 Å². The third-order valence-corrected chi connectivity index (χ3v) is 4.51. The number of anilines is 2. The van der Waals surface area contributed by atoms with Crippen LogP contribution in [0.2, 0.25) is 0 Å². The van der Waals surface area contributed by atoms with E-state index in [1.54, 1.807) is 30.5 Å². The predicted molar refractivity (Wildman–Crippen MR) is 82.5 cm³/mol. The number of benzene rings is 1. The quantitative estimate of drug-likeness (QED) is 0.646. The largest absolute Gasteiger partial charge is 0.399 e. The van der Waals surface area contributed by atoms with Gasteiger partial charge in [0.25, 0.3) is 10.0 Å². The second kappa shape index (κ2) is 4.78. The minimum absolute atomic E-state index is 0.159. The third kappa shape index (κ3) is 2.55. The molecular weight excluding hydrogens is 288 g/mol. The van der Waals surface area contributed by atoms with Gasteiger partial charge in [0.05, 0.1) is 11.9 Å². The summed E-state index contributed by atoms with van der Waals surface area (Å²) in [7, 11) is -3.71. The lowest BCUT2D eigenvalue weighted by atomic mass is 10.2. The Hall–Kier alpha value is -2.54. The summed E-state index contributed by atoms with van der Waals surface area (Å²) in [6.07, 6.45) is 4.58. The van der Waals surface area contributed by atoms with Crippen molar-refractivity contribution >= 4 is 32.3 Å². The van der Waals surface area contributed by atoms with E-state index in [1.807, 2.05) is 6.92 Å². The number of hydrogen-bond donors (Lipinski definition) is 3. The van der Waals surface area contributed by atoms with Crippen LogP contribution in [0, 0.1) is 6.92 Å². The van der Waals surface area contributed by atoms with Gasteiger partial charge < -0.3 is 10.7 Å². The minimum Gasteiger partial charge on any atom is -0.399 e. The summed E-state index contributed by atoms with van der Waals surface area (Å²) in [6.45, 7) is 1.84. The maximum Gasteiger partial charge on any atom is 0.264 e. The lowest BCUT2D eigenvalue weighted by molar-refractivity contribution is 0.602. The SMILES string of the molecule is Cc1cncc(NS(=O)(=O)c2c[nH]c3ccc(N)cc23)c1. The number of nitrogens with zero attached hydrogens (tertiary/aromatic N) is 1. The van der Waals surface area contributed by atoms with Gasteiger partial charge >= 0.3 is 0 Å². The number of hydrogen-bond acceptors (Lipinski definition) is 4. The molecule has 0 aliphatic heterocycles. The molecule has 4 N–H and O–H groups in total. The molecule has 0 unspecified atom stereocenters. The monoisotopic (exact) mass is 302 g/mol. The van der Waals surface area contributed by atoms with Crippen molar-refractivity contribution in [2.45, 2.75) is 11.8 Å². The molecule has 0 amide bonds. The number of sulfonamides is 1. The normalized spacial score (nSPS) is 11.7. The van der Waals surface area contributed by atoms with Crippen LogP contribution >= 0.6 is 0 Å². The molecule has 0 radical (unpaired) electrons. The highest BCUT2D eigenvalue weighted by Gasteiger charge is 2.19. The zero-order valence-electron chi connectivity index (χ0n) is 11.3. The van der Waals surface area contributed by atoms with Crippen LogP contribution in [0.1, 0.15) is 5.56 Å². The summed E-state index contributed by atoms with van der Waals surface area (Å²) in [5.74, 6) is 0. The fourth-order valence-electron chi connectivity index (χ4n) is 2.16. The van der Waals surface area contributed by atoms with Crippen LogP contribution in [0.15, 0.2) is 47.8 Å². The Kier molecular flexibility index (Phi) is 3.06. The van der Waals surface area contributed by atoms with Crippen LogP contribution in [0.25, 0.3) is 10.9 Å². The molecule has 1 aromatic carbocycles. The maximum absolute atomic E-state index is 12.5. The molecule has 2 heterocycles. The van der Waals surface area contributed by atoms with Gasteiger partial charge in [0.15, 0.2) is 0 Å². The van der Waals surface area contributed by atoms with Gasteiger partial charge in [0.2, 0.25) is 0 Å². The number of aromatic nitrogens is 2. The number of rotatable bonds is 3. The fraction of sp³-hybridized carbons (Fsp3) is 0.0714. The molecule has 0 bridgehead atoms. The zero-order chi connectivity index (χ0) is 15.0. The van der Waals surface area contributed by atoms with Crippen molar-refractivity contribution in [3.8, 4) is 0 Å². The molecule has 3 aromatic rings. The van der Waals surface area contributed by atoms with Crippen LogP contribution in [-0.2, 0) is 10.0 Å². The highest BCUT2D eigenvalue weighted by molar-refractivity contribution is 7.93. The zero-order valence-corrected chi connectivity index (χ0v) is 12.1. The van der Waals surface area contributed by atoms with E-state index in [1.165, 1.54) is 12.4 Å². The molecule has 0 spiro atoms. The molecule has 6 nitrogen and oxygen atoms in total. The van der Waals surface area contributed by atoms with Gasteiger partial charge in [-0.1, -0.05) is 0 Å². The van der Waals surface area contributed by atoms with Gasteiger partial charge in [0.1, 0.15) is 4.90 Å². The highest BCUT2D eigenvalue weighted by Crippen LogP contribution is 2.26. The lowest BCUT2D eigenvalue weighted by Crippen LogP contribution is -2.12. The number of nitrogens with two attached hydrogens (primary N) is 1. The van der Waals surface area contributed by atoms with Crippen molar-refractivity contribution in [3.63, 3.8) is 0 Å². The van der Waals surface area contributed by atoms with Crippen molar-refractivity contribution in [1.29, 1.82) is 0 Å². The smallest absolute Gasteiger partial charge is 0.264 e. The van der Waals surface area contributed by atoms with E-state index < -0.39 is 10.0 Å². The number of aromatic amines is 1. The van der Waals surface area contributed by atoms with E-state index in [0.717, 1.165) is 5.56 Å². The first-order chi connectivity index (χ1) is 9.95. The van der Waals surface area contributed by atoms with Crippen molar-refractivity contribution in [1.82, 2.24) is 9.97 Å². The Morgan fingerprint density at radius 1 is 1.24 bits per heavy atom. The Bertz CT molecular complexity index is 916. The summed E-state index contributed by atoms with van der Waals surface area (Å²) in [5, 5.41) is 0.558. The molecule has 7 heteroatoms. The van der Waals surface area contributed by atoms with E-state index in [4.69, 9.17) is 5.73 Å². The summed E-state index contributed by atoms with van der Waals surface area (Å²) in [6, 6.07) is 6.81. The summed E-state index contributed by atoms with van der Waals surface area (Å²) >= 11 is 0. The Balaban J connectivity index is 2.06. The van der Waals surface area contributed by atoms with Gasteiger partial charge in [-0.2, -0.15) is 0 Å². The Labute approximate surface area is 122 Å². The molecule has 0 saturated heterocycles. The Morgan fingerprint density at radius 2 is 2.05 bits per heavy atom. The van der Waals surface area contributed by atoms with E-state index in [9.17, 15) is 8.42 Å². The van der Waals surface area contributed by atoms with Crippen LogP contribution in [-0.4, -0.2) is 18.4 Å². The first-order valence-corrected chi connectivity index (χ1v) is 7.75. The molecule has 0 aliphatic carbocycles. The van der Waals surface area contributed by atoms with Gasteiger partial charge in [-0.25, -0.2) is 8.42 Å². The van der Waals surface area contributed by atoms with E-state index >= 15 is 0 Å². The molecule has 0 saturated carbocycles. The highest BCUT2D eigenvalue weighted by atomic mass is 32.2. The molecule has 108 valence electrons. The number of nitrogens with one attached hydrogen (secondary N) is 2. The van der Waals surface area contributed by atoms with Crippen molar-refractivity contribution in [2.75, 3.05) is 10.5 Å². The fourth-order valence-corrected chi connectivity index (χ4v) is 3.36. The standard InChI is InChI=1S/C14H14N4O2S/c1-9-4-11(7-16-6-9)18-21(19,20)14-8-17-13-3-2-10(15)5-12(13)14/h2-8,17-18H,15H2,1H3. The number of fused-ring (bicyclic) bond motifs is 1. The van der Waals surface area contributed by atoms with Crippen LogP contribution in [0.4, 0.5) is 11.4 Å². The summed E-state index contributed by atoms with van der Waals surface area (Å²) < 4.78 is 27.5. The maximum atomic E-state index is 12.5. The Morgan fingerprint density at radius 3 is 2.81 bits per heavy atom. The second-order valence-electron chi connectivity index (χ2n) is 4.81. The number of pyridine rings is 1. The van der Waals surface area contributed by atoms with Crippen molar-refractivity contribution in [2.24, 2.45) is 0 Å². The second-order valence-corrected chi connectivity index (χ2v) is 6.47. The predicted octanol–water partition coefficient (Wildman–Crippen LogP) is 2.25. The van der Waals surface area contributed by atoms with Gasteiger partial charge in [0, 0.05) is 29.0 Å². The summed E-state index contributed by atoms with van der Waals surface area (Å²) in [5.41, 5.74) is 8.25. The topological polar surface area (TPSA) is 101 Å². The van der Waals surface area contributed by atoms with Gasteiger partial charge in [-0.3, -0.25) is 9.71 Å².